The summed E-state index contributed by atoms with van der Waals surface area (Å²) in [5, 5.41) is 11.1. The lowest BCUT2D eigenvalue weighted by molar-refractivity contribution is 0.192. The molecule has 6 nitrogen and oxygen atoms in total. The van der Waals surface area contributed by atoms with Crippen molar-refractivity contribution in [1.29, 1.82) is 0 Å². The standard InChI is InChI=1S/C19H23F2N5O/c1-12-9-17(18(24-23-12)25(2)3)22-19(27)26-8-4-5-14(11-26)13-6-7-15(20)16(21)10-13/h6-7,9-10,14H,4-5,8,11H2,1-3H3,(H,22,23,27). The van der Waals surface area contributed by atoms with E-state index in [4.69, 9.17) is 0 Å². The third-order valence-corrected chi connectivity index (χ3v) is 4.69. The van der Waals surface area contributed by atoms with E-state index < -0.39 is 11.6 Å². The Balaban J connectivity index is 1.74. The molecule has 3 rings (SSSR count). The van der Waals surface area contributed by atoms with Crippen molar-refractivity contribution in [3.8, 4) is 0 Å². The average Bonchev–Trinajstić information content (AvgIpc) is 2.64. The van der Waals surface area contributed by atoms with E-state index in [0.29, 0.717) is 35.9 Å². The Morgan fingerprint density at radius 3 is 2.70 bits per heavy atom. The molecule has 1 saturated heterocycles. The molecular weight excluding hydrogens is 352 g/mol. The first-order valence-corrected chi connectivity index (χ1v) is 8.87. The van der Waals surface area contributed by atoms with Crippen LogP contribution in [0.2, 0.25) is 0 Å². The number of likely N-dealkylation sites (tertiary alicyclic amines) is 1. The molecular formula is C19H23F2N5O. The highest BCUT2D eigenvalue weighted by atomic mass is 19.2. The van der Waals surface area contributed by atoms with Gasteiger partial charge in [-0.25, -0.2) is 13.6 Å². The first-order chi connectivity index (χ1) is 12.8. The van der Waals surface area contributed by atoms with Gasteiger partial charge in [0.05, 0.1) is 11.4 Å². The van der Waals surface area contributed by atoms with Gasteiger partial charge in [0, 0.05) is 33.1 Å². The van der Waals surface area contributed by atoms with E-state index in [1.807, 2.05) is 21.0 Å². The minimum Gasteiger partial charge on any atom is -0.360 e. The Morgan fingerprint density at radius 2 is 2.00 bits per heavy atom. The van der Waals surface area contributed by atoms with Crippen LogP contribution < -0.4 is 10.2 Å². The third-order valence-electron chi connectivity index (χ3n) is 4.69. The van der Waals surface area contributed by atoms with E-state index in [2.05, 4.69) is 15.5 Å². The van der Waals surface area contributed by atoms with Crippen LogP contribution in [0.3, 0.4) is 0 Å². The van der Waals surface area contributed by atoms with E-state index in [9.17, 15) is 13.6 Å². The number of anilines is 2. The van der Waals surface area contributed by atoms with E-state index in [0.717, 1.165) is 18.9 Å². The Morgan fingerprint density at radius 1 is 1.22 bits per heavy atom. The summed E-state index contributed by atoms with van der Waals surface area (Å²) in [4.78, 5) is 16.2. The molecule has 0 spiro atoms. The average molecular weight is 375 g/mol. The fourth-order valence-corrected chi connectivity index (χ4v) is 3.30. The summed E-state index contributed by atoms with van der Waals surface area (Å²) in [6.45, 7) is 2.87. The number of nitrogens with one attached hydrogen (secondary N) is 1. The molecule has 2 aromatic rings. The number of aryl methyl sites for hydroxylation is 1. The molecule has 1 aliphatic rings. The summed E-state index contributed by atoms with van der Waals surface area (Å²) >= 11 is 0. The van der Waals surface area contributed by atoms with E-state index >= 15 is 0 Å². The van der Waals surface area contributed by atoms with Crippen LogP contribution in [0.15, 0.2) is 24.3 Å². The van der Waals surface area contributed by atoms with Crippen molar-refractivity contribution in [2.24, 2.45) is 0 Å². The second kappa shape index (κ2) is 7.85. The predicted octanol–water partition coefficient (Wildman–Crippen LogP) is 3.54. The molecule has 1 aliphatic heterocycles. The van der Waals surface area contributed by atoms with Crippen LogP contribution in [0.4, 0.5) is 25.1 Å². The Bertz CT molecular complexity index is 843. The Hall–Kier alpha value is -2.77. The molecule has 0 saturated carbocycles. The van der Waals surface area contributed by atoms with Crippen LogP contribution in [0.5, 0.6) is 0 Å². The number of piperidine rings is 1. The molecule has 1 N–H and O–H groups in total. The fraction of sp³-hybridized carbons (Fsp3) is 0.421. The molecule has 1 aromatic heterocycles. The molecule has 8 heteroatoms. The molecule has 1 aromatic carbocycles. The molecule has 2 heterocycles. The monoisotopic (exact) mass is 375 g/mol. The zero-order valence-electron chi connectivity index (χ0n) is 15.7. The van der Waals surface area contributed by atoms with Gasteiger partial charge in [0.15, 0.2) is 17.5 Å². The van der Waals surface area contributed by atoms with Gasteiger partial charge in [0.1, 0.15) is 0 Å². The van der Waals surface area contributed by atoms with Crippen molar-refractivity contribution in [3.05, 3.63) is 47.2 Å². The summed E-state index contributed by atoms with van der Waals surface area (Å²) in [5.74, 6) is -1.17. The molecule has 1 atom stereocenters. The zero-order valence-corrected chi connectivity index (χ0v) is 15.7. The number of carbonyl (C=O) groups is 1. The number of urea groups is 1. The van der Waals surface area contributed by atoms with Crippen molar-refractivity contribution in [3.63, 3.8) is 0 Å². The highest BCUT2D eigenvalue weighted by molar-refractivity contribution is 5.92. The van der Waals surface area contributed by atoms with Gasteiger partial charge in [-0.1, -0.05) is 6.07 Å². The van der Waals surface area contributed by atoms with E-state index in [1.165, 1.54) is 6.07 Å². The molecule has 0 aliphatic carbocycles. The number of rotatable bonds is 3. The number of carbonyl (C=O) groups excluding carboxylic acids is 1. The summed E-state index contributed by atoms with van der Waals surface area (Å²) in [6, 6.07) is 5.49. The van der Waals surface area contributed by atoms with E-state index in [-0.39, 0.29) is 11.9 Å². The third kappa shape index (κ3) is 4.32. The molecule has 144 valence electrons. The summed E-state index contributed by atoms with van der Waals surface area (Å²) < 4.78 is 26.7. The lowest BCUT2D eigenvalue weighted by atomic mass is 9.90. The maximum Gasteiger partial charge on any atom is 0.321 e. The molecule has 1 unspecified atom stereocenters. The SMILES string of the molecule is Cc1cc(NC(=O)N2CCCC(c3ccc(F)c(F)c3)C2)c(N(C)C)nn1. The van der Waals surface area contributed by atoms with Crippen molar-refractivity contribution in [2.75, 3.05) is 37.4 Å². The first-order valence-electron chi connectivity index (χ1n) is 8.87. The van der Waals surface area contributed by atoms with Gasteiger partial charge < -0.3 is 15.1 Å². The summed E-state index contributed by atoms with van der Waals surface area (Å²) in [6.07, 6.45) is 1.62. The van der Waals surface area contributed by atoms with Gasteiger partial charge in [-0.05, 0) is 43.5 Å². The van der Waals surface area contributed by atoms with E-state index in [1.54, 1.807) is 21.9 Å². The number of hydrogen-bond acceptors (Lipinski definition) is 4. The summed E-state index contributed by atoms with van der Waals surface area (Å²) in [5.41, 5.74) is 2.00. The topological polar surface area (TPSA) is 61.4 Å². The van der Waals surface area contributed by atoms with Gasteiger partial charge in [0.2, 0.25) is 0 Å². The molecule has 1 fully saturated rings. The minimum atomic E-state index is -0.860. The Kier molecular flexibility index (Phi) is 5.53. The largest absolute Gasteiger partial charge is 0.360 e. The van der Waals surface area contributed by atoms with Crippen LogP contribution in [0.1, 0.15) is 30.0 Å². The maximum absolute atomic E-state index is 13.5. The Labute approximate surface area is 157 Å². The number of nitrogens with zero attached hydrogens (tertiary/aromatic N) is 4. The number of hydrogen-bond donors (Lipinski definition) is 1. The minimum absolute atomic E-state index is 0.0229. The highest BCUT2D eigenvalue weighted by Crippen LogP contribution is 2.29. The summed E-state index contributed by atoms with van der Waals surface area (Å²) in [7, 11) is 3.66. The van der Waals surface area contributed by atoms with Gasteiger partial charge in [-0.15, -0.1) is 5.10 Å². The van der Waals surface area contributed by atoms with Crippen LogP contribution in [-0.4, -0.2) is 48.3 Å². The smallest absolute Gasteiger partial charge is 0.321 e. The maximum atomic E-state index is 13.5. The van der Waals surface area contributed by atoms with Gasteiger partial charge in [-0.2, -0.15) is 5.10 Å². The first kappa shape index (κ1) is 19.0. The zero-order chi connectivity index (χ0) is 19.6. The van der Waals surface area contributed by atoms with Crippen LogP contribution in [-0.2, 0) is 0 Å². The lowest BCUT2D eigenvalue weighted by Gasteiger charge is -2.33. The molecule has 0 bridgehead atoms. The fourth-order valence-electron chi connectivity index (χ4n) is 3.30. The number of halogens is 2. The number of aromatic nitrogens is 2. The van der Waals surface area contributed by atoms with Gasteiger partial charge >= 0.3 is 6.03 Å². The molecule has 0 radical (unpaired) electrons. The van der Waals surface area contributed by atoms with Crippen LogP contribution in [0.25, 0.3) is 0 Å². The lowest BCUT2D eigenvalue weighted by Crippen LogP contribution is -2.41. The molecule has 2 amide bonds. The van der Waals surface area contributed by atoms with Crippen molar-refractivity contribution in [2.45, 2.75) is 25.7 Å². The van der Waals surface area contributed by atoms with Gasteiger partial charge in [-0.3, -0.25) is 0 Å². The van der Waals surface area contributed by atoms with Crippen molar-refractivity contribution in [1.82, 2.24) is 15.1 Å². The van der Waals surface area contributed by atoms with Crippen LogP contribution in [0, 0.1) is 18.6 Å². The number of amides is 2. The number of benzene rings is 1. The predicted molar refractivity (Wildman–Crippen MR) is 100 cm³/mol. The molecule has 27 heavy (non-hydrogen) atoms. The highest BCUT2D eigenvalue weighted by Gasteiger charge is 2.26. The van der Waals surface area contributed by atoms with Crippen molar-refractivity contribution >= 4 is 17.5 Å². The normalized spacial score (nSPS) is 16.9. The van der Waals surface area contributed by atoms with Crippen molar-refractivity contribution < 1.29 is 13.6 Å². The van der Waals surface area contributed by atoms with Crippen LogP contribution >= 0.6 is 0 Å². The van der Waals surface area contributed by atoms with Gasteiger partial charge in [0.25, 0.3) is 0 Å². The second-order valence-corrected chi connectivity index (χ2v) is 7.01. The second-order valence-electron chi connectivity index (χ2n) is 7.01. The quantitative estimate of drug-likeness (QED) is 0.891.